The molecule has 0 saturated carbocycles. The van der Waals surface area contributed by atoms with E-state index in [1.165, 1.54) is 12.0 Å². The lowest BCUT2D eigenvalue weighted by Crippen LogP contribution is -2.27. The van der Waals surface area contributed by atoms with Gasteiger partial charge in [0.25, 0.3) is 0 Å². The third-order valence-corrected chi connectivity index (χ3v) is 3.70. The van der Waals surface area contributed by atoms with Crippen molar-refractivity contribution >= 4 is 0 Å². The van der Waals surface area contributed by atoms with Crippen LogP contribution in [0.4, 0.5) is 0 Å². The summed E-state index contributed by atoms with van der Waals surface area (Å²) in [6, 6.07) is 0. The van der Waals surface area contributed by atoms with E-state index in [1.54, 1.807) is 5.57 Å². The molecule has 0 aliphatic heterocycles. The zero-order valence-electron chi connectivity index (χ0n) is 12.9. The molecule has 0 heterocycles. The fourth-order valence-corrected chi connectivity index (χ4v) is 2.64. The van der Waals surface area contributed by atoms with E-state index in [-0.39, 0.29) is 5.41 Å². The third-order valence-electron chi connectivity index (χ3n) is 3.70. The van der Waals surface area contributed by atoms with Crippen LogP contribution in [-0.4, -0.2) is 25.0 Å². The summed E-state index contributed by atoms with van der Waals surface area (Å²) in [7, 11) is 2.19. The molecule has 0 fully saturated rings. The second-order valence-electron chi connectivity index (χ2n) is 5.99. The molecule has 0 radical (unpaired) electrons. The predicted molar refractivity (Wildman–Crippen MR) is 79.3 cm³/mol. The Hall–Kier alpha value is -0.560. The van der Waals surface area contributed by atoms with Crippen LogP contribution in [0.15, 0.2) is 23.8 Å². The molecule has 0 rings (SSSR count). The van der Waals surface area contributed by atoms with Crippen LogP contribution in [0.1, 0.15) is 48.0 Å². The molecule has 1 nitrogen and oxygen atoms in total. The molecular formula is C16H31N. The molecule has 0 amide bonds. The van der Waals surface area contributed by atoms with Gasteiger partial charge in [0.1, 0.15) is 0 Å². The molecule has 100 valence electrons. The molecule has 0 aliphatic rings. The van der Waals surface area contributed by atoms with Gasteiger partial charge in [-0.3, -0.25) is 0 Å². The number of hydrogen-bond donors (Lipinski definition) is 0. The van der Waals surface area contributed by atoms with Gasteiger partial charge in [-0.1, -0.05) is 58.4 Å². The highest BCUT2D eigenvalue weighted by Gasteiger charge is 2.26. The summed E-state index contributed by atoms with van der Waals surface area (Å²) in [5.74, 6) is 0.593. The van der Waals surface area contributed by atoms with Gasteiger partial charge in [0, 0.05) is 0 Å². The van der Waals surface area contributed by atoms with Crippen LogP contribution in [0.25, 0.3) is 0 Å². The van der Waals surface area contributed by atoms with E-state index in [9.17, 15) is 0 Å². The van der Waals surface area contributed by atoms with E-state index in [0.29, 0.717) is 5.92 Å². The standard InChI is InChI=1S/C16H31N/c1-9-14(5)15(13(3)4)16(6,7)11-12-17(8)10-2/h9,13H,1,10-12H2,2-8H3/b15-14-. The number of nitrogens with zero attached hydrogens (tertiary/aromatic N) is 1. The predicted octanol–water partition coefficient (Wildman–Crippen LogP) is 4.51. The number of allylic oxidation sites excluding steroid dienone is 3. The minimum Gasteiger partial charge on any atom is -0.307 e. The highest BCUT2D eigenvalue weighted by Crippen LogP contribution is 2.37. The highest BCUT2D eigenvalue weighted by atomic mass is 15.1. The van der Waals surface area contributed by atoms with Crippen LogP contribution in [0, 0.1) is 11.3 Å². The van der Waals surface area contributed by atoms with Gasteiger partial charge >= 0.3 is 0 Å². The van der Waals surface area contributed by atoms with Crippen molar-refractivity contribution in [2.24, 2.45) is 11.3 Å². The van der Waals surface area contributed by atoms with Crippen LogP contribution < -0.4 is 0 Å². The molecule has 0 aromatic rings. The van der Waals surface area contributed by atoms with Crippen molar-refractivity contribution in [1.82, 2.24) is 4.90 Å². The zero-order chi connectivity index (χ0) is 13.6. The smallest absolute Gasteiger partial charge is 0.00137 e. The van der Waals surface area contributed by atoms with Crippen molar-refractivity contribution in [3.05, 3.63) is 23.8 Å². The highest BCUT2D eigenvalue weighted by molar-refractivity contribution is 5.28. The molecule has 0 spiro atoms. The first-order valence-electron chi connectivity index (χ1n) is 6.78. The molecule has 0 saturated heterocycles. The normalized spacial score (nSPS) is 14.2. The van der Waals surface area contributed by atoms with E-state index in [1.807, 2.05) is 6.08 Å². The van der Waals surface area contributed by atoms with E-state index in [2.05, 4.69) is 60.1 Å². The maximum Gasteiger partial charge on any atom is -0.00137 e. The molecule has 0 aromatic carbocycles. The lowest BCUT2D eigenvalue weighted by atomic mass is 9.73. The van der Waals surface area contributed by atoms with Gasteiger partial charge in [0.2, 0.25) is 0 Å². The summed E-state index contributed by atoms with van der Waals surface area (Å²) in [6.07, 6.45) is 3.21. The third kappa shape index (κ3) is 5.08. The summed E-state index contributed by atoms with van der Waals surface area (Å²) in [5.41, 5.74) is 3.16. The van der Waals surface area contributed by atoms with E-state index in [0.717, 1.165) is 13.1 Å². The second kappa shape index (κ2) is 7.00. The molecule has 0 atom stereocenters. The summed E-state index contributed by atoms with van der Waals surface area (Å²) >= 11 is 0. The minimum absolute atomic E-state index is 0.260. The Kier molecular flexibility index (Phi) is 6.77. The fraction of sp³-hybridized carbons (Fsp3) is 0.750. The van der Waals surface area contributed by atoms with Crippen molar-refractivity contribution in [3.63, 3.8) is 0 Å². The van der Waals surface area contributed by atoms with E-state index in [4.69, 9.17) is 0 Å². The Morgan fingerprint density at radius 3 is 2.24 bits per heavy atom. The molecule has 0 bridgehead atoms. The van der Waals surface area contributed by atoms with Crippen molar-refractivity contribution in [2.45, 2.75) is 48.0 Å². The first-order valence-corrected chi connectivity index (χ1v) is 6.78. The summed E-state index contributed by atoms with van der Waals surface area (Å²) < 4.78 is 0. The monoisotopic (exact) mass is 237 g/mol. The Morgan fingerprint density at radius 1 is 1.35 bits per heavy atom. The average Bonchev–Trinajstić information content (AvgIpc) is 2.24. The number of rotatable bonds is 7. The van der Waals surface area contributed by atoms with E-state index < -0.39 is 0 Å². The Labute approximate surface area is 109 Å². The molecular weight excluding hydrogens is 206 g/mol. The quantitative estimate of drug-likeness (QED) is 0.589. The molecule has 17 heavy (non-hydrogen) atoms. The van der Waals surface area contributed by atoms with Gasteiger partial charge in [-0.2, -0.15) is 0 Å². The maximum atomic E-state index is 3.92. The van der Waals surface area contributed by atoms with E-state index >= 15 is 0 Å². The van der Waals surface area contributed by atoms with Crippen LogP contribution >= 0.6 is 0 Å². The molecule has 0 aliphatic carbocycles. The fourth-order valence-electron chi connectivity index (χ4n) is 2.64. The van der Waals surface area contributed by atoms with Crippen LogP contribution in [0.5, 0.6) is 0 Å². The number of hydrogen-bond acceptors (Lipinski definition) is 1. The van der Waals surface area contributed by atoms with Gasteiger partial charge < -0.3 is 4.90 Å². The maximum absolute atomic E-state index is 3.92. The topological polar surface area (TPSA) is 3.24 Å². The summed E-state index contributed by atoms with van der Waals surface area (Å²) in [5, 5.41) is 0. The Balaban J connectivity index is 4.92. The SMILES string of the molecule is C=C/C(C)=C(/C(C)C)C(C)(C)CCN(C)CC. The lowest BCUT2D eigenvalue weighted by Gasteiger charge is -2.34. The minimum atomic E-state index is 0.260. The van der Waals surface area contributed by atoms with Gasteiger partial charge in [0.05, 0.1) is 0 Å². The first kappa shape index (κ1) is 16.4. The average molecular weight is 237 g/mol. The van der Waals surface area contributed by atoms with Crippen LogP contribution in [-0.2, 0) is 0 Å². The lowest BCUT2D eigenvalue weighted by molar-refractivity contribution is 0.274. The summed E-state index contributed by atoms with van der Waals surface area (Å²) in [4.78, 5) is 2.38. The van der Waals surface area contributed by atoms with Gasteiger partial charge in [-0.05, 0) is 44.8 Å². The van der Waals surface area contributed by atoms with Gasteiger partial charge in [0.15, 0.2) is 0 Å². The van der Waals surface area contributed by atoms with Crippen molar-refractivity contribution in [1.29, 1.82) is 0 Å². The van der Waals surface area contributed by atoms with Gasteiger partial charge in [-0.15, -0.1) is 0 Å². The van der Waals surface area contributed by atoms with Crippen molar-refractivity contribution in [2.75, 3.05) is 20.1 Å². The molecule has 0 N–H and O–H groups in total. The zero-order valence-corrected chi connectivity index (χ0v) is 12.9. The van der Waals surface area contributed by atoms with Crippen molar-refractivity contribution < 1.29 is 0 Å². The molecule has 0 unspecified atom stereocenters. The molecule has 1 heteroatoms. The van der Waals surface area contributed by atoms with Gasteiger partial charge in [-0.25, -0.2) is 0 Å². The van der Waals surface area contributed by atoms with Crippen LogP contribution in [0.3, 0.4) is 0 Å². The Morgan fingerprint density at radius 2 is 1.88 bits per heavy atom. The largest absolute Gasteiger partial charge is 0.307 e. The van der Waals surface area contributed by atoms with Crippen molar-refractivity contribution in [3.8, 4) is 0 Å². The van der Waals surface area contributed by atoms with Crippen LogP contribution in [0.2, 0.25) is 0 Å². The second-order valence-corrected chi connectivity index (χ2v) is 5.99. The summed E-state index contributed by atoms with van der Waals surface area (Å²) in [6.45, 7) is 19.9. The molecule has 0 aromatic heterocycles. The first-order chi connectivity index (χ1) is 7.76. The Bertz CT molecular complexity index is 271.